The highest BCUT2D eigenvalue weighted by molar-refractivity contribution is 7.12. The molecule has 0 bridgehead atoms. The summed E-state index contributed by atoms with van der Waals surface area (Å²) in [6, 6.07) is 11.1. The lowest BCUT2D eigenvalue weighted by atomic mass is 10.1. The molecule has 1 unspecified atom stereocenters. The number of rotatable bonds is 3. The normalized spacial score (nSPS) is 15.5. The Kier molecular flexibility index (Phi) is 3.12. The number of benzene rings is 1. The SMILES string of the molecule is CNC(c1cc2cc(C)ccc2o1)c1cc2c(s1)CCC2. The van der Waals surface area contributed by atoms with Crippen LogP contribution in [-0.2, 0) is 12.8 Å². The maximum Gasteiger partial charge on any atom is 0.134 e. The van der Waals surface area contributed by atoms with E-state index in [9.17, 15) is 0 Å². The summed E-state index contributed by atoms with van der Waals surface area (Å²) in [6.07, 6.45) is 3.80. The number of furan rings is 1. The molecule has 4 rings (SSSR count). The molecule has 3 heteroatoms. The summed E-state index contributed by atoms with van der Waals surface area (Å²) < 4.78 is 6.08. The lowest BCUT2D eigenvalue weighted by molar-refractivity contribution is 0.495. The number of hydrogen-bond donors (Lipinski definition) is 1. The zero-order chi connectivity index (χ0) is 14.4. The topological polar surface area (TPSA) is 25.2 Å². The third-order valence-electron chi connectivity index (χ3n) is 4.31. The van der Waals surface area contributed by atoms with Crippen LogP contribution in [0.25, 0.3) is 11.0 Å². The highest BCUT2D eigenvalue weighted by Gasteiger charge is 2.22. The minimum atomic E-state index is 0.160. The molecule has 0 amide bonds. The number of hydrogen-bond acceptors (Lipinski definition) is 3. The molecule has 0 spiro atoms. The van der Waals surface area contributed by atoms with Crippen molar-refractivity contribution in [3.05, 3.63) is 57.0 Å². The molecule has 1 aliphatic rings. The smallest absolute Gasteiger partial charge is 0.134 e. The summed E-state index contributed by atoms with van der Waals surface area (Å²) in [7, 11) is 2.01. The van der Waals surface area contributed by atoms with E-state index in [1.54, 1.807) is 10.4 Å². The minimum Gasteiger partial charge on any atom is -0.459 e. The van der Waals surface area contributed by atoms with Crippen LogP contribution < -0.4 is 5.32 Å². The Morgan fingerprint density at radius 2 is 2.10 bits per heavy atom. The molecule has 0 aliphatic heterocycles. The maximum atomic E-state index is 6.08. The molecular formula is C18H19NOS. The van der Waals surface area contributed by atoms with Gasteiger partial charge in [0.25, 0.3) is 0 Å². The first kappa shape index (κ1) is 13.1. The van der Waals surface area contributed by atoms with E-state index < -0.39 is 0 Å². The molecule has 21 heavy (non-hydrogen) atoms. The van der Waals surface area contributed by atoms with Crippen molar-refractivity contribution in [2.75, 3.05) is 7.05 Å². The van der Waals surface area contributed by atoms with E-state index in [0.717, 1.165) is 11.3 Å². The van der Waals surface area contributed by atoms with Gasteiger partial charge in [-0.1, -0.05) is 11.6 Å². The predicted octanol–water partition coefficient (Wildman–Crippen LogP) is 4.60. The number of nitrogens with one attached hydrogen (secondary N) is 1. The van der Waals surface area contributed by atoms with Crippen LogP contribution >= 0.6 is 11.3 Å². The van der Waals surface area contributed by atoms with Crippen molar-refractivity contribution in [3.63, 3.8) is 0 Å². The largest absolute Gasteiger partial charge is 0.459 e. The molecule has 3 aromatic rings. The summed E-state index contributed by atoms with van der Waals surface area (Å²) in [5.41, 5.74) is 3.79. The fraction of sp³-hybridized carbons (Fsp3) is 0.333. The van der Waals surface area contributed by atoms with E-state index in [4.69, 9.17) is 4.42 Å². The zero-order valence-corrected chi connectivity index (χ0v) is 13.2. The summed E-state index contributed by atoms with van der Waals surface area (Å²) >= 11 is 1.94. The van der Waals surface area contributed by atoms with Crippen LogP contribution in [0, 0.1) is 6.92 Å². The van der Waals surface area contributed by atoms with E-state index in [1.807, 2.05) is 18.4 Å². The van der Waals surface area contributed by atoms with Crippen LogP contribution in [0.3, 0.4) is 0 Å². The summed E-state index contributed by atoms with van der Waals surface area (Å²) in [5, 5.41) is 4.60. The first-order chi connectivity index (χ1) is 10.2. The third kappa shape index (κ3) is 2.21. The first-order valence-corrected chi connectivity index (χ1v) is 8.35. The molecule has 0 saturated heterocycles. The second kappa shape index (κ2) is 5.00. The van der Waals surface area contributed by atoms with Crippen molar-refractivity contribution in [3.8, 4) is 0 Å². The van der Waals surface area contributed by atoms with Crippen LogP contribution in [0.5, 0.6) is 0 Å². The van der Waals surface area contributed by atoms with Gasteiger partial charge in [0.05, 0.1) is 0 Å². The van der Waals surface area contributed by atoms with Gasteiger partial charge in [-0.3, -0.25) is 0 Å². The lowest BCUT2D eigenvalue weighted by Gasteiger charge is -2.11. The molecule has 1 N–H and O–H groups in total. The van der Waals surface area contributed by atoms with E-state index in [1.165, 1.54) is 35.1 Å². The average Bonchev–Trinajstić information content (AvgIpc) is 3.12. The van der Waals surface area contributed by atoms with Crippen LogP contribution in [0.2, 0.25) is 0 Å². The molecule has 0 fully saturated rings. The zero-order valence-electron chi connectivity index (χ0n) is 12.4. The Morgan fingerprint density at radius 3 is 2.90 bits per heavy atom. The lowest BCUT2D eigenvalue weighted by Crippen LogP contribution is -2.15. The molecular weight excluding hydrogens is 278 g/mol. The van der Waals surface area contributed by atoms with Crippen LogP contribution in [-0.4, -0.2) is 7.05 Å². The molecule has 108 valence electrons. The molecule has 1 atom stereocenters. The highest BCUT2D eigenvalue weighted by atomic mass is 32.1. The van der Waals surface area contributed by atoms with Gasteiger partial charge < -0.3 is 9.73 Å². The Balaban J connectivity index is 1.76. The van der Waals surface area contributed by atoms with Gasteiger partial charge in [0.2, 0.25) is 0 Å². The van der Waals surface area contributed by atoms with Gasteiger partial charge in [-0.2, -0.15) is 0 Å². The van der Waals surface area contributed by atoms with Gasteiger partial charge >= 0.3 is 0 Å². The van der Waals surface area contributed by atoms with Crippen LogP contribution in [0.1, 0.15) is 39.1 Å². The van der Waals surface area contributed by atoms with E-state index >= 15 is 0 Å². The summed E-state index contributed by atoms with van der Waals surface area (Å²) in [4.78, 5) is 2.94. The van der Waals surface area contributed by atoms with Gasteiger partial charge in [0.15, 0.2) is 0 Å². The Morgan fingerprint density at radius 1 is 1.19 bits per heavy atom. The standard InChI is InChI=1S/C18H19NOS/c1-11-6-7-14-13(8-11)9-15(20-14)18(19-2)17-10-12-4-3-5-16(12)21-17/h6-10,18-19H,3-5H2,1-2H3. The summed E-state index contributed by atoms with van der Waals surface area (Å²) in [5.74, 6) is 1.01. The van der Waals surface area contributed by atoms with Crippen molar-refractivity contribution in [2.45, 2.75) is 32.2 Å². The second-order valence-electron chi connectivity index (χ2n) is 5.86. The molecule has 2 nitrogen and oxygen atoms in total. The van der Waals surface area contributed by atoms with Crippen molar-refractivity contribution < 1.29 is 4.42 Å². The molecule has 1 aliphatic carbocycles. The molecule has 2 aromatic heterocycles. The van der Waals surface area contributed by atoms with Gasteiger partial charge in [-0.15, -0.1) is 11.3 Å². The van der Waals surface area contributed by atoms with Gasteiger partial charge in [-0.05, 0) is 63.1 Å². The molecule has 2 heterocycles. The van der Waals surface area contributed by atoms with Crippen molar-refractivity contribution >= 4 is 22.3 Å². The second-order valence-corrected chi connectivity index (χ2v) is 7.03. The molecule has 0 radical (unpaired) electrons. The minimum absolute atomic E-state index is 0.160. The third-order valence-corrected chi connectivity index (χ3v) is 5.62. The predicted molar refractivity (Wildman–Crippen MR) is 88.2 cm³/mol. The number of fused-ring (bicyclic) bond motifs is 2. The van der Waals surface area contributed by atoms with Crippen LogP contribution in [0.4, 0.5) is 0 Å². The fourth-order valence-corrected chi connectivity index (χ4v) is 4.62. The Hall–Kier alpha value is -1.58. The first-order valence-electron chi connectivity index (χ1n) is 7.53. The van der Waals surface area contributed by atoms with Crippen LogP contribution in [0.15, 0.2) is 34.7 Å². The fourth-order valence-electron chi connectivity index (χ4n) is 3.24. The van der Waals surface area contributed by atoms with E-state index in [-0.39, 0.29) is 6.04 Å². The van der Waals surface area contributed by atoms with E-state index in [2.05, 4.69) is 42.6 Å². The molecule has 1 aromatic carbocycles. The van der Waals surface area contributed by atoms with Crippen molar-refractivity contribution in [2.24, 2.45) is 0 Å². The van der Waals surface area contributed by atoms with E-state index in [0.29, 0.717) is 0 Å². The highest BCUT2D eigenvalue weighted by Crippen LogP contribution is 2.37. The molecule has 0 saturated carbocycles. The van der Waals surface area contributed by atoms with Crippen molar-refractivity contribution in [1.29, 1.82) is 0 Å². The van der Waals surface area contributed by atoms with Gasteiger partial charge in [-0.25, -0.2) is 0 Å². The monoisotopic (exact) mass is 297 g/mol. The average molecular weight is 297 g/mol. The van der Waals surface area contributed by atoms with Gasteiger partial charge in [0, 0.05) is 15.1 Å². The Labute approximate surface area is 128 Å². The number of thiophene rings is 1. The quantitative estimate of drug-likeness (QED) is 0.764. The maximum absolute atomic E-state index is 6.08. The van der Waals surface area contributed by atoms with Gasteiger partial charge in [0.1, 0.15) is 17.4 Å². The summed E-state index contributed by atoms with van der Waals surface area (Å²) in [6.45, 7) is 2.12. The van der Waals surface area contributed by atoms with Crippen molar-refractivity contribution in [1.82, 2.24) is 5.32 Å². The number of aryl methyl sites for hydroxylation is 3. The Bertz CT molecular complexity index is 777.